The lowest BCUT2D eigenvalue weighted by Crippen LogP contribution is -2.22. The molecule has 0 fully saturated rings. The Morgan fingerprint density at radius 3 is 2.39 bits per heavy atom. The fraction of sp³-hybridized carbons (Fsp3) is 0.172. The van der Waals surface area contributed by atoms with E-state index in [4.69, 9.17) is 4.74 Å². The third-order valence-electron chi connectivity index (χ3n) is 6.29. The summed E-state index contributed by atoms with van der Waals surface area (Å²) in [4.78, 5) is 0. The summed E-state index contributed by atoms with van der Waals surface area (Å²) in [6.45, 7) is 2.25. The molecule has 0 N–H and O–H groups in total. The molecule has 2 atom stereocenters. The number of aryl methyl sites for hydroxylation is 1. The Morgan fingerprint density at radius 2 is 1.55 bits per heavy atom. The number of benzene rings is 3. The molecular formula is C29H27OP. The highest BCUT2D eigenvalue weighted by Gasteiger charge is 2.35. The van der Waals surface area contributed by atoms with E-state index in [9.17, 15) is 0 Å². The van der Waals surface area contributed by atoms with Crippen molar-refractivity contribution in [2.24, 2.45) is 0 Å². The van der Waals surface area contributed by atoms with Crippen molar-refractivity contribution in [3.8, 4) is 5.75 Å². The lowest BCUT2D eigenvalue weighted by atomic mass is 9.92. The molecule has 2 aliphatic rings. The summed E-state index contributed by atoms with van der Waals surface area (Å²) in [6.07, 6.45) is 11.5. The Balaban J connectivity index is 1.83. The molecule has 0 aromatic heterocycles. The van der Waals surface area contributed by atoms with Crippen LogP contribution >= 0.6 is 7.92 Å². The highest BCUT2D eigenvalue weighted by molar-refractivity contribution is 7.73. The Kier molecular flexibility index (Phi) is 5.62. The molecule has 0 radical (unpaired) electrons. The van der Waals surface area contributed by atoms with Gasteiger partial charge in [-0.2, -0.15) is 0 Å². The van der Waals surface area contributed by atoms with Gasteiger partial charge in [-0.05, 0) is 61.3 Å². The van der Waals surface area contributed by atoms with Crippen LogP contribution in [-0.4, -0.2) is 7.11 Å². The first-order valence-corrected chi connectivity index (χ1v) is 12.3. The van der Waals surface area contributed by atoms with Crippen LogP contribution in [0.3, 0.4) is 0 Å². The van der Waals surface area contributed by atoms with Crippen LogP contribution in [0.15, 0.2) is 102 Å². The third-order valence-corrected chi connectivity index (χ3v) is 9.31. The van der Waals surface area contributed by atoms with E-state index in [2.05, 4.69) is 104 Å². The van der Waals surface area contributed by atoms with Gasteiger partial charge in [0.05, 0.1) is 7.11 Å². The largest absolute Gasteiger partial charge is 0.496 e. The number of ether oxygens (including phenoxy) is 1. The molecule has 0 saturated heterocycles. The van der Waals surface area contributed by atoms with E-state index in [1.807, 2.05) is 0 Å². The summed E-state index contributed by atoms with van der Waals surface area (Å²) < 4.78 is 5.90. The molecule has 5 rings (SSSR count). The fourth-order valence-corrected chi connectivity index (χ4v) is 8.07. The van der Waals surface area contributed by atoms with Crippen molar-refractivity contribution in [3.63, 3.8) is 0 Å². The molecule has 154 valence electrons. The van der Waals surface area contributed by atoms with Gasteiger partial charge in [0.15, 0.2) is 0 Å². The van der Waals surface area contributed by atoms with Crippen molar-refractivity contribution in [2.75, 3.05) is 7.11 Å². The standard InChI is InChI=1S/C29H27OP/c1-21-11-3-9-17-27(21)31(28-18-10-8-16-26(28)30-2)29-24-14-6-4-12-22(24)19-20-23-13-5-7-15-25(23)29/h3-6,8-14,16-20,29H,7,15H2,1-2H3/t29?,31-/m0/s1. The van der Waals surface area contributed by atoms with Crippen molar-refractivity contribution < 1.29 is 4.74 Å². The zero-order valence-corrected chi connectivity index (χ0v) is 19.0. The summed E-state index contributed by atoms with van der Waals surface area (Å²) in [6, 6.07) is 26.5. The van der Waals surface area contributed by atoms with Gasteiger partial charge in [0.1, 0.15) is 5.75 Å². The SMILES string of the molecule is COc1ccccc1[P@](c1ccccc1C)C1C2=C(C=CCC2)C=Cc2ccccc21. The van der Waals surface area contributed by atoms with Crippen LogP contribution in [-0.2, 0) is 0 Å². The Morgan fingerprint density at radius 1 is 0.806 bits per heavy atom. The third kappa shape index (κ3) is 3.68. The normalized spacial score (nSPS) is 18.2. The number of rotatable bonds is 4. The van der Waals surface area contributed by atoms with E-state index in [-0.39, 0.29) is 0 Å². The summed E-state index contributed by atoms with van der Waals surface area (Å²) in [5, 5.41) is 2.75. The van der Waals surface area contributed by atoms with Crippen LogP contribution in [0.2, 0.25) is 0 Å². The van der Waals surface area contributed by atoms with Crippen LogP contribution in [0.4, 0.5) is 0 Å². The second-order valence-electron chi connectivity index (χ2n) is 8.11. The van der Waals surface area contributed by atoms with Gasteiger partial charge in [0.2, 0.25) is 0 Å². The zero-order valence-electron chi connectivity index (χ0n) is 18.1. The minimum Gasteiger partial charge on any atom is -0.496 e. The van der Waals surface area contributed by atoms with Crippen molar-refractivity contribution in [1.82, 2.24) is 0 Å². The quantitative estimate of drug-likeness (QED) is 0.418. The van der Waals surface area contributed by atoms with E-state index < -0.39 is 7.92 Å². The number of methoxy groups -OCH3 is 1. The van der Waals surface area contributed by atoms with Gasteiger partial charge in [0.25, 0.3) is 0 Å². The molecule has 2 heteroatoms. The van der Waals surface area contributed by atoms with Gasteiger partial charge in [-0.15, -0.1) is 0 Å². The number of hydrogen-bond donors (Lipinski definition) is 0. The minimum atomic E-state index is -0.720. The van der Waals surface area contributed by atoms with Crippen molar-refractivity contribution >= 4 is 24.6 Å². The predicted molar refractivity (Wildman–Crippen MR) is 134 cm³/mol. The molecule has 0 bridgehead atoms. The number of hydrogen-bond acceptors (Lipinski definition) is 1. The van der Waals surface area contributed by atoms with Gasteiger partial charge in [0, 0.05) is 11.0 Å². The first-order valence-electron chi connectivity index (χ1n) is 10.9. The molecule has 3 aromatic carbocycles. The smallest absolute Gasteiger partial charge is 0.126 e. The summed E-state index contributed by atoms with van der Waals surface area (Å²) in [5.74, 6) is 0.986. The molecule has 3 aromatic rings. The number of allylic oxidation sites excluding steroid dienone is 5. The molecule has 0 aliphatic heterocycles. The highest BCUT2D eigenvalue weighted by Crippen LogP contribution is 2.58. The van der Waals surface area contributed by atoms with E-state index in [0.29, 0.717) is 5.66 Å². The molecule has 2 aliphatic carbocycles. The summed E-state index contributed by atoms with van der Waals surface area (Å²) >= 11 is 0. The van der Waals surface area contributed by atoms with Gasteiger partial charge >= 0.3 is 0 Å². The second kappa shape index (κ2) is 8.69. The molecular weight excluding hydrogens is 395 g/mol. The Hall–Kier alpha value is -2.89. The first kappa shape index (κ1) is 20.0. The van der Waals surface area contributed by atoms with E-state index in [1.54, 1.807) is 12.7 Å². The number of para-hydroxylation sites is 1. The summed E-state index contributed by atoms with van der Waals surface area (Å²) in [7, 11) is 1.07. The zero-order chi connectivity index (χ0) is 21.2. The van der Waals surface area contributed by atoms with Crippen molar-refractivity contribution in [2.45, 2.75) is 25.4 Å². The monoisotopic (exact) mass is 422 g/mol. The van der Waals surface area contributed by atoms with Crippen LogP contribution in [0, 0.1) is 6.92 Å². The maximum Gasteiger partial charge on any atom is 0.126 e. The van der Waals surface area contributed by atoms with Crippen LogP contribution < -0.4 is 15.3 Å². The lowest BCUT2D eigenvalue weighted by Gasteiger charge is -2.34. The van der Waals surface area contributed by atoms with Gasteiger partial charge in [-0.3, -0.25) is 0 Å². The van der Waals surface area contributed by atoms with Crippen LogP contribution in [0.1, 0.15) is 35.2 Å². The second-order valence-corrected chi connectivity index (χ2v) is 10.3. The molecule has 0 spiro atoms. The molecule has 31 heavy (non-hydrogen) atoms. The van der Waals surface area contributed by atoms with Crippen LogP contribution in [0.5, 0.6) is 5.75 Å². The topological polar surface area (TPSA) is 9.23 Å². The molecule has 0 saturated carbocycles. The molecule has 0 heterocycles. The Bertz CT molecular complexity index is 1200. The fourth-order valence-electron chi connectivity index (χ4n) is 4.80. The number of fused-ring (bicyclic) bond motifs is 1. The molecule has 1 nitrogen and oxygen atoms in total. The van der Waals surface area contributed by atoms with E-state index in [0.717, 1.165) is 18.6 Å². The Labute approximate surface area is 186 Å². The van der Waals surface area contributed by atoms with Crippen molar-refractivity contribution in [1.29, 1.82) is 0 Å². The average Bonchev–Trinajstić information content (AvgIpc) is 2.98. The summed E-state index contributed by atoms with van der Waals surface area (Å²) in [5.41, 5.74) is 7.36. The molecule has 0 amide bonds. The van der Waals surface area contributed by atoms with E-state index in [1.165, 1.54) is 32.9 Å². The first-order chi connectivity index (χ1) is 15.3. The van der Waals surface area contributed by atoms with Crippen molar-refractivity contribution in [3.05, 3.63) is 119 Å². The van der Waals surface area contributed by atoms with Crippen LogP contribution in [0.25, 0.3) is 6.08 Å². The van der Waals surface area contributed by atoms with Gasteiger partial charge in [-0.25, -0.2) is 0 Å². The van der Waals surface area contributed by atoms with Gasteiger partial charge < -0.3 is 4.74 Å². The lowest BCUT2D eigenvalue weighted by molar-refractivity contribution is 0.418. The predicted octanol–water partition coefficient (Wildman–Crippen LogP) is 6.85. The maximum absolute atomic E-state index is 5.90. The minimum absolute atomic E-state index is 0.318. The maximum atomic E-state index is 5.90. The van der Waals surface area contributed by atoms with E-state index >= 15 is 0 Å². The average molecular weight is 423 g/mol. The molecule has 1 unspecified atom stereocenters. The van der Waals surface area contributed by atoms with Gasteiger partial charge in [-0.1, -0.05) is 96.6 Å². The highest BCUT2D eigenvalue weighted by atomic mass is 31.1.